The lowest BCUT2D eigenvalue weighted by Gasteiger charge is -2.35. The summed E-state index contributed by atoms with van der Waals surface area (Å²) in [6, 6.07) is 14.8. The molecule has 0 amide bonds. The van der Waals surface area contributed by atoms with Crippen molar-refractivity contribution in [1.82, 2.24) is 4.90 Å². The Labute approximate surface area is 139 Å². The van der Waals surface area contributed by atoms with Crippen LogP contribution in [0.15, 0.2) is 53.5 Å². The topological polar surface area (TPSA) is 91.5 Å². The molecule has 2 aromatic rings. The van der Waals surface area contributed by atoms with Gasteiger partial charge in [0.15, 0.2) is 5.96 Å². The predicted octanol–water partition coefficient (Wildman–Crippen LogP) is 3.01. The number of rotatable bonds is 1. The third-order valence-electron chi connectivity index (χ3n) is 3.40. The molecule has 22 heavy (non-hydrogen) atoms. The number of aliphatic imine (C=N–C) groups is 1. The zero-order valence-corrected chi connectivity index (χ0v) is 13.1. The Morgan fingerprint density at radius 1 is 1.18 bits per heavy atom. The van der Waals surface area contributed by atoms with Crippen molar-refractivity contribution in [2.75, 3.05) is 0 Å². The molecular formula is C15H15Cl2N5. The SMILES string of the molecule is Cl.N=C(N)N1C(N)=Nc2ccc(Cl)cc2C1c1ccccc1. The Hall–Kier alpha value is -2.24. The number of hydrogen-bond donors (Lipinski definition) is 3. The molecule has 0 aromatic heterocycles. The second-order valence-corrected chi connectivity index (χ2v) is 5.18. The number of fused-ring (bicyclic) bond motifs is 1. The summed E-state index contributed by atoms with van der Waals surface area (Å²) in [6.45, 7) is 0. The summed E-state index contributed by atoms with van der Waals surface area (Å²) in [6.07, 6.45) is 0. The van der Waals surface area contributed by atoms with Crippen molar-refractivity contribution in [3.8, 4) is 0 Å². The molecular weight excluding hydrogens is 321 g/mol. The van der Waals surface area contributed by atoms with Crippen molar-refractivity contribution in [3.05, 3.63) is 64.7 Å². The maximum absolute atomic E-state index is 7.80. The van der Waals surface area contributed by atoms with E-state index in [1.54, 1.807) is 6.07 Å². The first kappa shape index (κ1) is 16.1. The van der Waals surface area contributed by atoms with E-state index in [-0.39, 0.29) is 30.4 Å². The average Bonchev–Trinajstić information content (AvgIpc) is 2.47. The smallest absolute Gasteiger partial charge is 0.204 e. The molecule has 1 aliphatic rings. The summed E-state index contributed by atoms with van der Waals surface area (Å²) in [7, 11) is 0. The van der Waals surface area contributed by atoms with Crippen molar-refractivity contribution in [3.63, 3.8) is 0 Å². The van der Waals surface area contributed by atoms with Gasteiger partial charge in [0.1, 0.15) is 0 Å². The Morgan fingerprint density at radius 3 is 2.50 bits per heavy atom. The van der Waals surface area contributed by atoms with Crippen molar-refractivity contribution < 1.29 is 0 Å². The van der Waals surface area contributed by atoms with Crippen molar-refractivity contribution >= 4 is 41.6 Å². The van der Waals surface area contributed by atoms with Gasteiger partial charge in [0.2, 0.25) is 5.96 Å². The highest BCUT2D eigenvalue weighted by molar-refractivity contribution is 6.30. The number of nitrogens with zero attached hydrogens (tertiary/aromatic N) is 2. The van der Waals surface area contributed by atoms with Crippen LogP contribution in [0, 0.1) is 5.41 Å². The molecule has 1 unspecified atom stereocenters. The van der Waals surface area contributed by atoms with Crippen LogP contribution in [0.2, 0.25) is 5.02 Å². The molecule has 0 saturated carbocycles. The molecule has 0 saturated heterocycles. The highest BCUT2D eigenvalue weighted by Crippen LogP contribution is 2.39. The van der Waals surface area contributed by atoms with E-state index in [2.05, 4.69) is 4.99 Å². The Bertz CT molecular complexity index is 730. The van der Waals surface area contributed by atoms with Crippen LogP contribution in [0.5, 0.6) is 0 Å². The van der Waals surface area contributed by atoms with E-state index in [9.17, 15) is 0 Å². The van der Waals surface area contributed by atoms with Gasteiger partial charge in [-0.2, -0.15) is 0 Å². The average molecular weight is 336 g/mol. The summed E-state index contributed by atoms with van der Waals surface area (Å²) >= 11 is 6.11. The Morgan fingerprint density at radius 2 is 1.86 bits per heavy atom. The molecule has 0 spiro atoms. The van der Waals surface area contributed by atoms with Crippen LogP contribution in [0.25, 0.3) is 0 Å². The first-order valence-electron chi connectivity index (χ1n) is 6.40. The zero-order valence-electron chi connectivity index (χ0n) is 11.5. The molecule has 2 aromatic carbocycles. The van der Waals surface area contributed by atoms with Crippen LogP contribution in [0.1, 0.15) is 17.2 Å². The fraction of sp³-hybridized carbons (Fsp3) is 0.0667. The van der Waals surface area contributed by atoms with Crippen molar-refractivity contribution in [2.24, 2.45) is 16.5 Å². The molecule has 0 radical (unpaired) electrons. The lowest BCUT2D eigenvalue weighted by atomic mass is 9.94. The van der Waals surface area contributed by atoms with Gasteiger partial charge >= 0.3 is 0 Å². The molecule has 0 fully saturated rings. The van der Waals surface area contributed by atoms with Crippen LogP contribution in [0.4, 0.5) is 5.69 Å². The summed E-state index contributed by atoms with van der Waals surface area (Å²) < 4.78 is 0. The van der Waals surface area contributed by atoms with Crippen molar-refractivity contribution in [2.45, 2.75) is 6.04 Å². The highest BCUT2D eigenvalue weighted by atomic mass is 35.5. The van der Waals surface area contributed by atoms with Gasteiger partial charge in [0.05, 0.1) is 11.7 Å². The van der Waals surface area contributed by atoms with Crippen LogP contribution in [0.3, 0.4) is 0 Å². The first-order chi connectivity index (χ1) is 10.1. The van der Waals surface area contributed by atoms with Gasteiger partial charge in [-0.25, -0.2) is 4.99 Å². The third-order valence-corrected chi connectivity index (χ3v) is 3.63. The molecule has 0 bridgehead atoms. The number of hydrogen-bond acceptors (Lipinski definition) is 3. The summed E-state index contributed by atoms with van der Waals surface area (Å²) in [5.74, 6) is 0.0434. The molecule has 5 N–H and O–H groups in total. The molecule has 1 aliphatic heterocycles. The monoisotopic (exact) mass is 335 g/mol. The predicted molar refractivity (Wildman–Crippen MR) is 92.0 cm³/mol. The van der Waals surface area contributed by atoms with Gasteiger partial charge in [-0.1, -0.05) is 41.9 Å². The normalized spacial score (nSPS) is 16.3. The maximum atomic E-state index is 7.80. The van der Waals surface area contributed by atoms with Gasteiger partial charge in [-0.15, -0.1) is 12.4 Å². The minimum absolute atomic E-state index is 0. The number of guanidine groups is 2. The highest BCUT2D eigenvalue weighted by Gasteiger charge is 2.32. The number of benzene rings is 2. The van der Waals surface area contributed by atoms with Gasteiger partial charge in [0.25, 0.3) is 0 Å². The van der Waals surface area contributed by atoms with E-state index in [0.29, 0.717) is 5.02 Å². The number of nitrogens with two attached hydrogens (primary N) is 2. The molecule has 7 heteroatoms. The maximum Gasteiger partial charge on any atom is 0.204 e. The fourth-order valence-electron chi connectivity index (χ4n) is 2.52. The van der Waals surface area contributed by atoms with E-state index in [0.717, 1.165) is 16.8 Å². The molecule has 5 nitrogen and oxygen atoms in total. The molecule has 3 rings (SSSR count). The Balaban J connectivity index is 0.00000176. The lowest BCUT2D eigenvalue weighted by molar-refractivity contribution is 0.493. The number of nitrogens with one attached hydrogen (secondary N) is 1. The minimum Gasteiger partial charge on any atom is -0.370 e. The van der Waals surface area contributed by atoms with Crippen LogP contribution in [-0.2, 0) is 0 Å². The fourth-order valence-corrected chi connectivity index (χ4v) is 2.70. The van der Waals surface area contributed by atoms with Gasteiger partial charge in [-0.3, -0.25) is 10.3 Å². The van der Waals surface area contributed by atoms with E-state index in [1.807, 2.05) is 42.5 Å². The van der Waals surface area contributed by atoms with E-state index >= 15 is 0 Å². The summed E-state index contributed by atoms with van der Waals surface area (Å²) in [4.78, 5) is 5.80. The largest absolute Gasteiger partial charge is 0.370 e. The second kappa shape index (κ2) is 6.25. The zero-order chi connectivity index (χ0) is 15.0. The molecule has 1 atom stereocenters. The lowest BCUT2D eigenvalue weighted by Crippen LogP contribution is -2.49. The van der Waals surface area contributed by atoms with E-state index in [4.69, 9.17) is 28.5 Å². The number of halogens is 2. The third kappa shape index (κ3) is 2.73. The van der Waals surface area contributed by atoms with Crippen molar-refractivity contribution in [1.29, 1.82) is 5.41 Å². The molecule has 114 valence electrons. The quantitative estimate of drug-likeness (QED) is 0.552. The molecule has 1 heterocycles. The molecule has 0 aliphatic carbocycles. The minimum atomic E-state index is -0.310. The van der Waals surface area contributed by atoms with Gasteiger partial charge in [0, 0.05) is 10.6 Å². The van der Waals surface area contributed by atoms with Crippen LogP contribution < -0.4 is 11.5 Å². The van der Waals surface area contributed by atoms with E-state index < -0.39 is 0 Å². The summed E-state index contributed by atoms with van der Waals surface area (Å²) in [5.41, 5.74) is 14.3. The standard InChI is InChI=1S/C15H14ClN5.ClH/c16-10-6-7-12-11(8-10)13(9-4-2-1-3-5-9)21(14(17)18)15(19)20-12;/h1-8,13H,(H3,17,18)(H2,19,20);1H. The Kier molecular flexibility index (Phi) is 4.59. The van der Waals surface area contributed by atoms with Crippen LogP contribution >= 0.6 is 24.0 Å². The summed E-state index contributed by atoms with van der Waals surface area (Å²) in [5, 5.41) is 8.41. The van der Waals surface area contributed by atoms with Gasteiger partial charge in [-0.05, 0) is 23.8 Å². The second-order valence-electron chi connectivity index (χ2n) is 4.74. The van der Waals surface area contributed by atoms with Gasteiger partial charge < -0.3 is 11.5 Å². The van der Waals surface area contributed by atoms with E-state index in [1.165, 1.54) is 4.90 Å². The van der Waals surface area contributed by atoms with Crippen LogP contribution in [-0.4, -0.2) is 16.8 Å². The first-order valence-corrected chi connectivity index (χ1v) is 6.77.